The van der Waals surface area contributed by atoms with Gasteiger partial charge in [-0.05, 0) is 45.7 Å². The number of rotatable bonds is 3. The van der Waals surface area contributed by atoms with E-state index in [4.69, 9.17) is 19.1 Å². The summed E-state index contributed by atoms with van der Waals surface area (Å²) in [4.78, 5) is 41.8. The molecule has 1 aromatic heterocycles. The maximum absolute atomic E-state index is 12.7. The second kappa shape index (κ2) is 10.1. The fourth-order valence-electron chi connectivity index (χ4n) is 4.74. The van der Waals surface area contributed by atoms with Crippen molar-refractivity contribution in [3.05, 3.63) is 17.8 Å². The number of likely N-dealkylation sites (tertiary alicyclic amines) is 2. The van der Waals surface area contributed by atoms with E-state index in [2.05, 4.69) is 9.88 Å². The lowest BCUT2D eigenvalue weighted by Crippen LogP contribution is -2.45. The zero-order valence-electron chi connectivity index (χ0n) is 17.5. The Labute approximate surface area is 176 Å². The van der Waals surface area contributed by atoms with Gasteiger partial charge in [-0.3, -0.25) is 19.3 Å². The molecule has 1 unspecified atom stereocenters. The summed E-state index contributed by atoms with van der Waals surface area (Å²) in [6, 6.07) is 0. The highest BCUT2D eigenvalue weighted by molar-refractivity contribution is 5.92. The van der Waals surface area contributed by atoms with Crippen molar-refractivity contribution in [2.75, 3.05) is 32.7 Å². The van der Waals surface area contributed by atoms with Crippen LogP contribution in [0.3, 0.4) is 0 Å². The summed E-state index contributed by atoms with van der Waals surface area (Å²) in [5.74, 6) is 0.108. The van der Waals surface area contributed by atoms with Crippen LogP contribution >= 0.6 is 0 Å². The number of carboxylic acid groups (broad SMARTS) is 1. The lowest BCUT2D eigenvalue weighted by molar-refractivity contribution is -0.151. The van der Waals surface area contributed by atoms with Crippen LogP contribution in [0.1, 0.15) is 61.2 Å². The molecular weight excluding hydrogens is 390 g/mol. The van der Waals surface area contributed by atoms with Crippen LogP contribution in [0.25, 0.3) is 0 Å². The predicted molar refractivity (Wildman–Crippen MR) is 107 cm³/mol. The molecule has 4 rings (SSSR count). The number of aryl methyl sites for hydroxylation is 1. The molecule has 9 nitrogen and oxygen atoms in total. The molecule has 30 heavy (non-hydrogen) atoms. The second-order valence-corrected chi connectivity index (χ2v) is 8.39. The minimum Gasteiger partial charge on any atom is -0.483 e. The third-order valence-corrected chi connectivity index (χ3v) is 6.43. The SMILES string of the molecule is Cc1ncoc1C(=O)N1CCC2(CC1)CC(CN1CCCCCC1)OC2=O.O=CO. The van der Waals surface area contributed by atoms with E-state index in [0.29, 0.717) is 37.4 Å². The number of oxazole rings is 1. The molecule has 1 atom stereocenters. The molecule has 1 N–H and O–H groups in total. The van der Waals surface area contributed by atoms with Gasteiger partial charge in [0.1, 0.15) is 6.10 Å². The molecule has 1 amide bonds. The summed E-state index contributed by atoms with van der Waals surface area (Å²) in [6.45, 7) is 5.71. The van der Waals surface area contributed by atoms with Crippen LogP contribution in [0.4, 0.5) is 0 Å². The van der Waals surface area contributed by atoms with Gasteiger partial charge in [-0.1, -0.05) is 12.8 Å². The van der Waals surface area contributed by atoms with Gasteiger partial charge in [0.2, 0.25) is 5.76 Å². The molecule has 0 aliphatic carbocycles. The van der Waals surface area contributed by atoms with Gasteiger partial charge < -0.3 is 19.2 Å². The first-order valence-corrected chi connectivity index (χ1v) is 10.7. The van der Waals surface area contributed by atoms with E-state index in [1.807, 2.05) is 0 Å². The molecule has 1 spiro atoms. The Morgan fingerprint density at radius 3 is 2.43 bits per heavy atom. The lowest BCUT2D eigenvalue weighted by Gasteiger charge is -2.36. The number of amides is 1. The number of nitrogens with zero attached hydrogens (tertiary/aromatic N) is 3. The van der Waals surface area contributed by atoms with Gasteiger partial charge in [0.15, 0.2) is 6.39 Å². The highest BCUT2D eigenvalue weighted by Gasteiger charge is 2.51. The molecule has 3 saturated heterocycles. The van der Waals surface area contributed by atoms with Gasteiger partial charge in [0.25, 0.3) is 12.4 Å². The van der Waals surface area contributed by atoms with Crippen molar-refractivity contribution >= 4 is 18.3 Å². The van der Waals surface area contributed by atoms with Gasteiger partial charge in [-0.2, -0.15) is 0 Å². The van der Waals surface area contributed by atoms with Gasteiger partial charge in [0.05, 0.1) is 11.1 Å². The zero-order chi connectivity index (χ0) is 21.6. The highest BCUT2D eigenvalue weighted by atomic mass is 16.6. The summed E-state index contributed by atoms with van der Waals surface area (Å²) in [5.41, 5.74) is 0.196. The van der Waals surface area contributed by atoms with Gasteiger partial charge >= 0.3 is 5.97 Å². The van der Waals surface area contributed by atoms with Crippen LogP contribution in [0.5, 0.6) is 0 Å². The maximum atomic E-state index is 12.7. The summed E-state index contributed by atoms with van der Waals surface area (Å²) >= 11 is 0. The van der Waals surface area contributed by atoms with E-state index in [1.165, 1.54) is 32.1 Å². The molecule has 4 heterocycles. The third kappa shape index (κ3) is 5.00. The van der Waals surface area contributed by atoms with Gasteiger partial charge in [-0.25, -0.2) is 4.98 Å². The Morgan fingerprint density at radius 1 is 1.23 bits per heavy atom. The number of esters is 1. The van der Waals surface area contributed by atoms with Crippen LogP contribution in [-0.2, 0) is 14.3 Å². The summed E-state index contributed by atoms with van der Waals surface area (Å²) in [7, 11) is 0. The first-order chi connectivity index (χ1) is 14.5. The first-order valence-electron chi connectivity index (χ1n) is 10.7. The molecule has 3 aliphatic rings. The van der Waals surface area contributed by atoms with E-state index >= 15 is 0 Å². The number of hydrogen-bond donors (Lipinski definition) is 1. The first kappa shape index (κ1) is 22.3. The van der Waals surface area contributed by atoms with Crippen molar-refractivity contribution in [3.8, 4) is 0 Å². The summed E-state index contributed by atoms with van der Waals surface area (Å²) in [5, 5.41) is 6.89. The summed E-state index contributed by atoms with van der Waals surface area (Å²) < 4.78 is 11.0. The van der Waals surface area contributed by atoms with Crippen LogP contribution in [0.15, 0.2) is 10.8 Å². The number of piperidine rings is 1. The lowest BCUT2D eigenvalue weighted by atomic mass is 9.76. The smallest absolute Gasteiger partial charge is 0.312 e. The largest absolute Gasteiger partial charge is 0.483 e. The maximum Gasteiger partial charge on any atom is 0.312 e. The average molecular weight is 421 g/mol. The predicted octanol–water partition coefficient (Wildman–Crippen LogP) is 2.10. The Morgan fingerprint density at radius 2 is 1.87 bits per heavy atom. The Balaban J connectivity index is 0.000000806. The van der Waals surface area contributed by atoms with Crippen molar-refractivity contribution in [1.29, 1.82) is 0 Å². The second-order valence-electron chi connectivity index (χ2n) is 8.39. The number of carbonyl (C=O) groups is 3. The molecule has 166 valence electrons. The van der Waals surface area contributed by atoms with Crippen molar-refractivity contribution in [3.63, 3.8) is 0 Å². The molecule has 9 heteroatoms. The molecular formula is C21H31N3O6. The van der Waals surface area contributed by atoms with E-state index in [1.54, 1.807) is 11.8 Å². The van der Waals surface area contributed by atoms with Crippen molar-refractivity contribution in [1.82, 2.24) is 14.8 Å². The topological polar surface area (TPSA) is 113 Å². The Bertz CT molecular complexity index is 733. The van der Waals surface area contributed by atoms with E-state index in [-0.39, 0.29) is 24.5 Å². The van der Waals surface area contributed by atoms with E-state index in [9.17, 15) is 9.59 Å². The molecule has 3 fully saturated rings. The standard InChI is InChI=1S/C20H29N3O4.CH2O2/c1-15-17(26-14-21-15)18(24)23-10-6-20(7-11-23)12-16(27-19(20)25)13-22-8-4-2-3-5-9-22;2-1-3/h14,16H,2-13H2,1H3;1H,(H,2,3). The summed E-state index contributed by atoms with van der Waals surface area (Å²) in [6.07, 6.45) is 8.51. The number of cyclic esters (lactones) is 1. The molecule has 0 radical (unpaired) electrons. The number of aromatic nitrogens is 1. The van der Waals surface area contributed by atoms with Crippen molar-refractivity contribution < 1.29 is 28.6 Å². The van der Waals surface area contributed by atoms with Gasteiger partial charge in [0, 0.05) is 26.1 Å². The van der Waals surface area contributed by atoms with Crippen LogP contribution in [-0.4, -0.2) is 77.1 Å². The fourth-order valence-corrected chi connectivity index (χ4v) is 4.74. The monoisotopic (exact) mass is 421 g/mol. The van der Waals surface area contributed by atoms with E-state index < -0.39 is 5.41 Å². The molecule has 3 aliphatic heterocycles. The highest BCUT2D eigenvalue weighted by Crippen LogP contribution is 2.43. The van der Waals surface area contributed by atoms with Crippen LogP contribution in [0, 0.1) is 12.3 Å². The third-order valence-electron chi connectivity index (χ3n) is 6.43. The minimum atomic E-state index is -0.413. The average Bonchev–Trinajstić information content (AvgIpc) is 3.16. The number of carbonyl (C=O) groups excluding carboxylic acids is 2. The van der Waals surface area contributed by atoms with Crippen molar-refractivity contribution in [2.45, 2.75) is 58.0 Å². The Hall–Kier alpha value is -2.42. The molecule has 1 aromatic rings. The van der Waals surface area contributed by atoms with E-state index in [0.717, 1.165) is 26.1 Å². The Kier molecular flexibility index (Phi) is 7.47. The number of ether oxygens (including phenoxy) is 1. The molecule has 0 saturated carbocycles. The quantitative estimate of drug-likeness (QED) is 0.583. The molecule has 0 bridgehead atoms. The fraction of sp³-hybridized carbons (Fsp3) is 0.714. The molecule has 0 aromatic carbocycles. The normalized spacial score (nSPS) is 24.0. The van der Waals surface area contributed by atoms with Crippen molar-refractivity contribution in [2.24, 2.45) is 5.41 Å². The van der Waals surface area contributed by atoms with Gasteiger partial charge in [-0.15, -0.1) is 0 Å². The zero-order valence-corrected chi connectivity index (χ0v) is 17.5. The minimum absolute atomic E-state index is 0.00521. The van der Waals surface area contributed by atoms with Crippen LogP contribution in [0.2, 0.25) is 0 Å². The van der Waals surface area contributed by atoms with Crippen LogP contribution < -0.4 is 0 Å². The number of hydrogen-bond acceptors (Lipinski definition) is 7.